The summed E-state index contributed by atoms with van der Waals surface area (Å²) in [6.45, 7) is 4.31. The van der Waals surface area contributed by atoms with Crippen LogP contribution in [0.2, 0.25) is 0 Å². The standard InChI is InChI=1S/C23H21N3O3S/c1-13-3-6-16(9-14(13)2)18-12-30-23(25-18)21-19(27)11-26(22(21)24)17-7-4-15(5-8-17)10-20(28)29/h3-9,12,24,27H,10-11H2,1-2H3,(H,28,29). The highest BCUT2D eigenvalue weighted by Gasteiger charge is 2.31. The molecule has 1 aliphatic rings. The molecule has 0 atom stereocenters. The number of anilines is 1. The molecule has 1 aliphatic heterocycles. The number of aromatic nitrogens is 1. The molecular weight excluding hydrogens is 398 g/mol. The summed E-state index contributed by atoms with van der Waals surface area (Å²) >= 11 is 1.40. The molecule has 7 heteroatoms. The number of carbonyl (C=O) groups is 1. The molecule has 1 aromatic heterocycles. The Morgan fingerprint density at radius 3 is 2.57 bits per heavy atom. The minimum atomic E-state index is -0.887. The van der Waals surface area contributed by atoms with Gasteiger partial charge in [-0.2, -0.15) is 0 Å². The van der Waals surface area contributed by atoms with E-state index in [9.17, 15) is 9.90 Å². The Labute approximate surface area is 178 Å². The van der Waals surface area contributed by atoms with Gasteiger partial charge < -0.3 is 15.1 Å². The van der Waals surface area contributed by atoms with E-state index in [0.29, 0.717) is 16.1 Å². The van der Waals surface area contributed by atoms with Crippen LogP contribution in [0.1, 0.15) is 21.7 Å². The molecule has 6 nitrogen and oxygen atoms in total. The number of aliphatic hydroxyl groups is 1. The van der Waals surface area contributed by atoms with E-state index < -0.39 is 5.97 Å². The van der Waals surface area contributed by atoms with Crippen molar-refractivity contribution in [2.24, 2.45) is 0 Å². The third-order valence-electron chi connectivity index (χ3n) is 5.23. The number of thiazole rings is 1. The minimum absolute atomic E-state index is 0.0488. The second-order valence-corrected chi connectivity index (χ2v) is 8.19. The Morgan fingerprint density at radius 2 is 1.90 bits per heavy atom. The van der Waals surface area contributed by atoms with Gasteiger partial charge in [-0.05, 0) is 48.7 Å². The summed E-state index contributed by atoms with van der Waals surface area (Å²) in [7, 11) is 0. The average molecular weight is 420 g/mol. The van der Waals surface area contributed by atoms with E-state index in [1.54, 1.807) is 29.2 Å². The van der Waals surface area contributed by atoms with E-state index in [4.69, 9.17) is 10.5 Å². The number of hydrogen-bond acceptors (Lipinski definition) is 5. The van der Waals surface area contributed by atoms with E-state index in [1.807, 2.05) is 11.4 Å². The number of aliphatic hydroxyl groups excluding tert-OH is 1. The molecule has 0 unspecified atom stereocenters. The molecule has 3 aromatic rings. The van der Waals surface area contributed by atoms with Gasteiger partial charge in [0.05, 0.1) is 24.2 Å². The number of hydrogen-bond donors (Lipinski definition) is 3. The molecule has 0 spiro atoms. The van der Waals surface area contributed by atoms with Crippen LogP contribution in [0.5, 0.6) is 0 Å². The lowest BCUT2D eigenvalue weighted by molar-refractivity contribution is -0.136. The third kappa shape index (κ3) is 3.71. The van der Waals surface area contributed by atoms with Gasteiger partial charge in [0.15, 0.2) is 0 Å². The maximum absolute atomic E-state index is 10.9. The topological polar surface area (TPSA) is 97.5 Å². The first-order valence-corrected chi connectivity index (χ1v) is 10.3. The summed E-state index contributed by atoms with van der Waals surface area (Å²) in [4.78, 5) is 17.2. The Morgan fingerprint density at radius 1 is 1.17 bits per heavy atom. The number of nitrogens with zero attached hydrogens (tertiary/aromatic N) is 2. The van der Waals surface area contributed by atoms with Crippen LogP contribution in [-0.2, 0) is 11.2 Å². The molecule has 0 radical (unpaired) electrons. The van der Waals surface area contributed by atoms with Crippen LogP contribution in [0.4, 0.5) is 5.69 Å². The zero-order chi connectivity index (χ0) is 21.4. The fourth-order valence-electron chi connectivity index (χ4n) is 3.41. The van der Waals surface area contributed by atoms with Gasteiger partial charge in [-0.3, -0.25) is 10.2 Å². The highest BCUT2D eigenvalue weighted by molar-refractivity contribution is 7.11. The quantitative estimate of drug-likeness (QED) is 0.551. The highest BCUT2D eigenvalue weighted by atomic mass is 32.1. The SMILES string of the molecule is Cc1ccc(-c2csc(C3=C(O)CN(c4ccc(CC(=O)O)cc4)C3=N)n2)cc1C. The van der Waals surface area contributed by atoms with Crippen LogP contribution >= 0.6 is 11.3 Å². The van der Waals surface area contributed by atoms with Gasteiger partial charge in [0.1, 0.15) is 16.6 Å². The monoisotopic (exact) mass is 419 g/mol. The zero-order valence-corrected chi connectivity index (χ0v) is 17.5. The molecule has 2 aromatic carbocycles. The van der Waals surface area contributed by atoms with Crippen LogP contribution < -0.4 is 4.90 Å². The average Bonchev–Trinajstić information content (AvgIpc) is 3.28. The number of rotatable bonds is 5. The van der Waals surface area contributed by atoms with Crippen molar-refractivity contribution in [3.8, 4) is 11.3 Å². The summed E-state index contributed by atoms with van der Waals surface area (Å²) in [5.41, 5.74) is 6.09. The Balaban J connectivity index is 1.58. The summed E-state index contributed by atoms with van der Waals surface area (Å²) in [5.74, 6) is -0.600. The highest BCUT2D eigenvalue weighted by Crippen LogP contribution is 2.34. The number of aliphatic carboxylic acids is 1. The van der Waals surface area contributed by atoms with E-state index in [0.717, 1.165) is 16.9 Å². The summed E-state index contributed by atoms with van der Waals surface area (Å²) in [5, 5.41) is 30.6. The van der Waals surface area contributed by atoms with Gasteiger partial charge in [-0.25, -0.2) is 4.98 Å². The zero-order valence-electron chi connectivity index (χ0n) is 16.6. The van der Waals surface area contributed by atoms with E-state index >= 15 is 0 Å². The summed E-state index contributed by atoms with van der Waals surface area (Å²) in [6, 6.07) is 13.2. The molecule has 3 N–H and O–H groups in total. The number of aryl methyl sites for hydroxylation is 2. The van der Waals surface area contributed by atoms with Gasteiger partial charge >= 0.3 is 5.97 Å². The number of carboxylic acids is 1. The van der Waals surface area contributed by atoms with E-state index in [-0.39, 0.29) is 24.6 Å². The van der Waals surface area contributed by atoms with Crippen LogP contribution in [0.25, 0.3) is 16.8 Å². The lowest BCUT2D eigenvalue weighted by atomic mass is 10.1. The molecular formula is C23H21N3O3S. The van der Waals surface area contributed by atoms with Crippen molar-refractivity contribution in [1.29, 1.82) is 5.41 Å². The van der Waals surface area contributed by atoms with Crippen LogP contribution in [-0.4, -0.2) is 33.5 Å². The van der Waals surface area contributed by atoms with Crippen molar-refractivity contribution >= 4 is 34.4 Å². The number of carboxylic acid groups (broad SMARTS) is 1. The van der Waals surface area contributed by atoms with Crippen molar-refractivity contribution in [3.05, 3.63) is 75.3 Å². The molecule has 30 heavy (non-hydrogen) atoms. The molecule has 0 saturated carbocycles. The van der Waals surface area contributed by atoms with Crippen molar-refractivity contribution in [3.63, 3.8) is 0 Å². The first-order chi connectivity index (χ1) is 14.3. The predicted octanol–water partition coefficient (Wildman–Crippen LogP) is 4.82. The number of nitrogens with one attached hydrogen (secondary N) is 1. The molecule has 2 heterocycles. The van der Waals surface area contributed by atoms with Crippen LogP contribution in [0, 0.1) is 19.3 Å². The van der Waals surface area contributed by atoms with Crippen LogP contribution in [0.3, 0.4) is 0 Å². The largest absolute Gasteiger partial charge is 0.510 e. The first-order valence-electron chi connectivity index (χ1n) is 9.46. The molecule has 0 bridgehead atoms. The summed E-state index contributed by atoms with van der Waals surface area (Å²) < 4.78 is 0. The van der Waals surface area contributed by atoms with Gasteiger partial charge in [0, 0.05) is 16.6 Å². The van der Waals surface area contributed by atoms with Crippen molar-refractivity contribution in [2.75, 3.05) is 11.4 Å². The maximum Gasteiger partial charge on any atom is 0.307 e. The minimum Gasteiger partial charge on any atom is -0.510 e. The molecule has 0 amide bonds. The Hall–Kier alpha value is -3.45. The lowest BCUT2D eigenvalue weighted by Gasteiger charge is -2.18. The summed E-state index contributed by atoms with van der Waals surface area (Å²) in [6.07, 6.45) is -0.0488. The fraction of sp³-hybridized carbons (Fsp3) is 0.174. The normalized spacial score (nSPS) is 13.9. The van der Waals surface area contributed by atoms with Crippen molar-refractivity contribution < 1.29 is 15.0 Å². The van der Waals surface area contributed by atoms with E-state index in [1.165, 1.54) is 22.5 Å². The van der Waals surface area contributed by atoms with Gasteiger partial charge in [0.25, 0.3) is 0 Å². The number of benzene rings is 2. The third-order valence-corrected chi connectivity index (χ3v) is 6.09. The molecule has 0 saturated heterocycles. The van der Waals surface area contributed by atoms with E-state index in [2.05, 4.69) is 31.0 Å². The van der Waals surface area contributed by atoms with Gasteiger partial charge in [-0.15, -0.1) is 11.3 Å². The second-order valence-electron chi connectivity index (χ2n) is 7.33. The van der Waals surface area contributed by atoms with Crippen molar-refractivity contribution in [2.45, 2.75) is 20.3 Å². The molecule has 0 fully saturated rings. The van der Waals surface area contributed by atoms with Gasteiger partial charge in [-0.1, -0.05) is 24.3 Å². The lowest BCUT2D eigenvalue weighted by Crippen LogP contribution is -2.26. The molecule has 152 valence electrons. The van der Waals surface area contributed by atoms with Crippen molar-refractivity contribution in [1.82, 2.24) is 4.98 Å². The Kier molecular flexibility index (Phi) is 5.13. The predicted molar refractivity (Wildman–Crippen MR) is 119 cm³/mol. The first kappa shape index (κ1) is 19.8. The van der Waals surface area contributed by atoms with Crippen LogP contribution in [0.15, 0.2) is 53.6 Å². The smallest absolute Gasteiger partial charge is 0.307 e. The molecule has 0 aliphatic carbocycles. The fourth-order valence-corrected chi connectivity index (χ4v) is 4.31. The Bertz CT molecular complexity index is 1180. The molecule has 4 rings (SSSR count). The second kappa shape index (κ2) is 7.76. The van der Waals surface area contributed by atoms with Gasteiger partial charge in [0.2, 0.25) is 0 Å². The maximum atomic E-state index is 10.9. The number of amidine groups is 1.